The molecule has 2 amide bonds. The molecule has 0 fully saturated rings. The summed E-state index contributed by atoms with van der Waals surface area (Å²) in [7, 11) is 0. The molecule has 0 saturated heterocycles. The van der Waals surface area contributed by atoms with E-state index in [1.54, 1.807) is 0 Å². The van der Waals surface area contributed by atoms with Gasteiger partial charge in [0.05, 0.1) is 9.75 Å². The van der Waals surface area contributed by atoms with Crippen LogP contribution in [0.5, 0.6) is 0 Å². The molecule has 20 heavy (non-hydrogen) atoms. The highest BCUT2D eigenvalue weighted by Gasteiger charge is 2.20. The molecule has 7 nitrogen and oxygen atoms in total. The summed E-state index contributed by atoms with van der Waals surface area (Å²) in [5.74, 6) is -1.14. The summed E-state index contributed by atoms with van der Waals surface area (Å²) in [6.45, 7) is 1.92. The molecule has 0 heterocycles. The van der Waals surface area contributed by atoms with Crippen LogP contribution in [0.2, 0.25) is 0 Å². The van der Waals surface area contributed by atoms with E-state index >= 15 is 0 Å². The minimum absolute atomic E-state index is 0.112. The van der Waals surface area contributed by atoms with Crippen LogP contribution in [0, 0.1) is 10.1 Å². The van der Waals surface area contributed by atoms with E-state index in [4.69, 9.17) is 0 Å². The summed E-state index contributed by atoms with van der Waals surface area (Å²) < 4.78 is 0. The van der Waals surface area contributed by atoms with Gasteiger partial charge in [-0.25, -0.2) is 0 Å². The highest BCUT2D eigenvalue weighted by Crippen LogP contribution is 2.17. The second kappa shape index (κ2) is 7.59. The van der Waals surface area contributed by atoms with Gasteiger partial charge in [0.1, 0.15) is 5.56 Å². The lowest BCUT2D eigenvalue weighted by Crippen LogP contribution is -2.45. The van der Waals surface area contributed by atoms with Crippen molar-refractivity contribution in [3.8, 4) is 0 Å². The maximum atomic E-state index is 11.8. The Morgan fingerprint density at radius 1 is 1.35 bits per heavy atom. The van der Waals surface area contributed by atoms with Crippen molar-refractivity contribution < 1.29 is 14.5 Å². The highest BCUT2D eigenvalue weighted by atomic mass is 79.9. The number of carbonyl (C=O) groups is 2. The molecule has 0 aliphatic rings. The molecule has 0 aromatic heterocycles. The second-order valence-electron chi connectivity index (χ2n) is 3.97. The Morgan fingerprint density at radius 3 is 2.60 bits per heavy atom. The van der Waals surface area contributed by atoms with Gasteiger partial charge in [-0.3, -0.25) is 30.6 Å². The fraction of sp³-hybridized carbons (Fsp3) is 0.333. The molecule has 1 aromatic rings. The van der Waals surface area contributed by atoms with Crippen LogP contribution in [0.25, 0.3) is 0 Å². The van der Waals surface area contributed by atoms with Gasteiger partial charge < -0.3 is 0 Å². The predicted octanol–water partition coefficient (Wildman–Crippen LogP) is 1.92. The molecule has 1 atom stereocenters. The number of nitro benzene ring substituents is 1. The number of carbonyl (C=O) groups excluding carboxylic acids is 2. The molecule has 2 N–H and O–H groups in total. The van der Waals surface area contributed by atoms with Crippen LogP contribution in [-0.4, -0.2) is 21.6 Å². The zero-order chi connectivity index (χ0) is 15.1. The van der Waals surface area contributed by atoms with Crippen molar-refractivity contribution >= 4 is 33.4 Å². The zero-order valence-corrected chi connectivity index (χ0v) is 12.3. The van der Waals surface area contributed by atoms with Crippen molar-refractivity contribution in [2.75, 3.05) is 0 Å². The molecule has 1 rings (SSSR count). The summed E-state index contributed by atoms with van der Waals surface area (Å²) >= 11 is 3.18. The molecular formula is C12H14BrN3O4. The third kappa shape index (κ3) is 4.30. The largest absolute Gasteiger partial charge is 0.282 e. The normalized spacial score (nSPS) is 11.5. The SMILES string of the molecule is CCC[C@@H](Br)C(=O)NNC(=O)c1ccccc1[N+](=O)[O-]. The molecule has 0 aliphatic carbocycles. The van der Waals surface area contributed by atoms with Crippen molar-refractivity contribution in [2.24, 2.45) is 0 Å². The van der Waals surface area contributed by atoms with E-state index < -0.39 is 21.6 Å². The summed E-state index contributed by atoms with van der Waals surface area (Å²) in [6, 6.07) is 5.51. The van der Waals surface area contributed by atoms with Gasteiger partial charge in [0.25, 0.3) is 17.5 Å². The number of para-hydroxylation sites is 1. The van der Waals surface area contributed by atoms with Crippen molar-refractivity contribution in [1.82, 2.24) is 10.9 Å². The molecule has 0 spiro atoms. The number of hydrogen-bond acceptors (Lipinski definition) is 4. The quantitative estimate of drug-likeness (QED) is 0.484. The number of benzene rings is 1. The fourth-order valence-electron chi connectivity index (χ4n) is 1.47. The third-order valence-corrected chi connectivity index (χ3v) is 3.34. The first-order valence-corrected chi connectivity index (χ1v) is 6.86. The molecule has 8 heteroatoms. The topological polar surface area (TPSA) is 101 Å². The Labute approximate surface area is 124 Å². The average molecular weight is 344 g/mol. The lowest BCUT2D eigenvalue weighted by molar-refractivity contribution is -0.385. The Balaban J connectivity index is 2.69. The first-order chi connectivity index (χ1) is 9.47. The Hall–Kier alpha value is -1.96. The van der Waals surface area contributed by atoms with Crippen LogP contribution in [0.3, 0.4) is 0 Å². The van der Waals surface area contributed by atoms with E-state index in [1.165, 1.54) is 24.3 Å². The Bertz CT molecular complexity index is 521. The van der Waals surface area contributed by atoms with E-state index in [1.807, 2.05) is 6.92 Å². The van der Waals surface area contributed by atoms with E-state index in [9.17, 15) is 19.7 Å². The molecular weight excluding hydrogens is 330 g/mol. The van der Waals surface area contributed by atoms with Crippen molar-refractivity contribution in [1.29, 1.82) is 0 Å². The van der Waals surface area contributed by atoms with E-state index in [0.717, 1.165) is 6.42 Å². The minimum Gasteiger partial charge on any atom is -0.272 e. The first-order valence-electron chi connectivity index (χ1n) is 5.95. The van der Waals surface area contributed by atoms with Gasteiger partial charge in [-0.2, -0.15) is 0 Å². The van der Waals surface area contributed by atoms with Gasteiger partial charge >= 0.3 is 0 Å². The summed E-state index contributed by atoms with van der Waals surface area (Å²) in [5.41, 5.74) is 3.96. The number of nitrogens with one attached hydrogen (secondary N) is 2. The van der Waals surface area contributed by atoms with Crippen LogP contribution in [-0.2, 0) is 4.79 Å². The molecule has 0 radical (unpaired) electrons. The Kier molecular flexibility index (Phi) is 6.10. The maximum Gasteiger partial charge on any atom is 0.282 e. The Morgan fingerprint density at radius 2 is 2.00 bits per heavy atom. The number of rotatable bonds is 5. The lowest BCUT2D eigenvalue weighted by Gasteiger charge is -2.10. The van der Waals surface area contributed by atoms with Crippen LogP contribution in [0.1, 0.15) is 30.1 Å². The molecule has 1 aromatic carbocycles. The highest BCUT2D eigenvalue weighted by molar-refractivity contribution is 9.10. The van der Waals surface area contributed by atoms with Crippen molar-refractivity contribution in [2.45, 2.75) is 24.6 Å². The number of nitrogens with zero attached hydrogens (tertiary/aromatic N) is 1. The van der Waals surface area contributed by atoms with Gasteiger partial charge in [-0.05, 0) is 12.5 Å². The molecule has 0 aliphatic heterocycles. The van der Waals surface area contributed by atoms with Gasteiger partial charge in [0, 0.05) is 6.07 Å². The lowest BCUT2D eigenvalue weighted by atomic mass is 10.2. The molecule has 0 bridgehead atoms. The number of halogens is 1. The molecule has 108 valence electrons. The average Bonchev–Trinajstić information content (AvgIpc) is 2.44. The number of hydrogen-bond donors (Lipinski definition) is 2. The van der Waals surface area contributed by atoms with Crippen LogP contribution in [0.4, 0.5) is 5.69 Å². The smallest absolute Gasteiger partial charge is 0.272 e. The summed E-state index contributed by atoms with van der Waals surface area (Å²) in [4.78, 5) is 33.1. The van der Waals surface area contributed by atoms with Crippen LogP contribution in [0.15, 0.2) is 24.3 Å². The third-order valence-electron chi connectivity index (χ3n) is 2.47. The van der Waals surface area contributed by atoms with Gasteiger partial charge in [-0.15, -0.1) is 0 Å². The van der Waals surface area contributed by atoms with Gasteiger partial charge in [0.15, 0.2) is 0 Å². The van der Waals surface area contributed by atoms with Crippen LogP contribution < -0.4 is 10.9 Å². The molecule has 0 unspecified atom stereocenters. The van der Waals surface area contributed by atoms with Crippen molar-refractivity contribution in [3.05, 3.63) is 39.9 Å². The monoisotopic (exact) mass is 343 g/mol. The van der Waals surface area contributed by atoms with Gasteiger partial charge in [0.2, 0.25) is 0 Å². The number of hydrazine groups is 1. The standard InChI is InChI=1S/C12H14BrN3O4/c1-2-5-9(13)12(18)15-14-11(17)8-6-3-4-7-10(8)16(19)20/h3-4,6-7,9H,2,5H2,1H3,(H,14,17)(H,15,18)/t9-/m1/s1. The first kappa shape index (κ1) is 16.1. The fourth-order valence-corrected chi connectivity index (χ4v) is 2.05. The summed E-state index contributed by atoms with van der Waals surface area (Å²) in [5, 5.41) is 10.8. The van der Waals surface area contributed by atoms with E-state index in [2.05, 4.69) is 26.8 Å². The van der Waals surface area contributed by atoms with E-state index in [-0.39, 0.29) is 11.3 Å². The maximum absolute atomic E-state index is 11.8. The van der Waals surface area contributed by atoms with Crippen LogP contribution >= 0.6 is 15.9 Å². The minimum atomic E-state index is -0.734. The number of nitro groups is 1. The number of amides is 2. The number of alkyl halides is 1. The predicted molar refractivity (Wildman–Crippen MR) is 76.3 cm³/mol. The summed E-state index contributed by atoms with van der Waals surface area (Å²) in [6.07, 6.45) is 1.43. The zero-order valence-electron chi connectivity index (χ0n) is 10.8. The second-order valence-corrected chi connectivity index (χ2v) is 5.08. The van der Waals surface area contributed by atoms with Crippen molar-refractivity contribution in [3.63, 3.8) is 0 Å². The molecule has 0 saturated carbocycles. The van der Waals surface area contributed by atoms with Gasteiger partial charge in [-0.1, -0.05) is 41.4 Å². The van der Waals surface area contributed by atoms with E-state index in [0.29, 0.717) is 6.42 Å².